The third kappa shape index (κ3) is 4.79. The van der Waals surface area contributed by atoms with Gasteiger partial charge in [0.25, 0.3) is 11.6 Å². The van der Waals surface area contributed by atoms with E-state index in [-0.39, 0.29) is 18.2 Å². The molecule has 0 atom stereocenters. The third-order valence-corrected chi connectivity index (χ3v) is 3.93. The summed E-state index contributed by atoms with van der Waals surface area (Å²) in [6, 6.07) is 10.1. The molecule has 1 amide bonds. The number of non-ortho nitro benzene ring substituents is 1. The van der Waals surface area contributed by atoms with Crippen LogP contribution in [0, 0.1) is 24.0 Å². The number of nitro groups is 1. The van der Waals surface area contributed by atoms with Gasteiger partial charge in [0.15, 0.2) is 6.61 Å². The summed E-state index contributed by atoms with van der Waals surface area (Å²) >= 11 is 0. The predicted octanol–water partition coefficient (Wildman–Crippen LogP) is 4.35. The molecule has 0 fully saturated rings. The van der Waals surface area contributed by atoms with E-state index in [1.54, 1.807) is 6.92 Å². The second-order valence-corrected chi connectivity index (χ2v) is 6.27. The second-order valence-electron chi connectivity index (χ2n) is 6.27. The molecule has 0 spiro atoms. The highest BCUT2D eigenvalue weighted by Gasteiger charge is 2.11. The van der Waals surface area contributed by atoms with Crippen LogP contribution in [0.1, 0.15) is 36.5 Å². The summed E-state index contributed by atoms with van der Waals surface area (Å²) in [6.45, 7) is 7.85. The molecule has 0 bridgehead atoms. The highest BCUT2D eigenvalue weighted by molar-refractivity contribution is 5.92. The number of hydrogen-bond acceptors (Lipinski definition) is 4. The molecule has 1 N–H and O–H groups in total. The molecule has 0 aliphatic heterocycles. The minimum atomic E-state index is -0.467. The van der Waals surface area contributed by atoms with Crippen LogP contribution < -0.4 is 10.1 Å². The number of rotatable bonds is 6. The summed E-state index contributed by atoms with van der Waals surface area (Å²) in [5.41, 5.74) is 3.52. The zero-order chi connectivity index (χ0) is 18.6. The van der Waals surface area contributed by atoms with Crippen LogP contribution in [0.25, 0.3) is 0 Å². The van der Waals surface area contributed by atoms with Crippen LogP contribution in [0.2, 0.25) is 0 Å². The maximum atomic E-state index is 12.0. The quantitative estimate of drug-likeness (QED) is 0.625. The molecule has 0 heterocycles. The van der Waals surface area contributed by atoms with Gasteiger partial charge in [-0.15, -0.1) is 0 Å². The lowest BCUT2D eigenvalue weighted by molar-refractivity contribution is -0.384. The molecule has 0 unspecified atom stereocenters. The summed E-state index contributed by atoms with van der Waals surface area (Å²) in [6.07, 6.45) is 0. The van der Waals surface area contributed by atoms with Gasteiger partial charge < -0.3 is 10.1 Å². The lowest BCUT2D eigenvalue weighted by atomic mass is 9.98. The number of nitrogens with zero attached hydrogens (tertiary/aromatic N) is 1. The largest absolute Gasteiger partial charge is 0.484 e. The van der Waals surface area contributed by atoms with Crippen LogP contribution in [0.4, 0.5) is 11.4 Å². The third-order valence-electron chi connectivity index (χ3n) is 3.93. The molecule has 0 aliphatic carbocycles. The fraction of sp³-hybridized carbons (Fsp3) is 0.316. The van der Waals surface area contributed by atoms with Crippen molar-refractivity contribution in [3.63, 3.8) is 0 Å². The smallest absolute Gasteiger partial charge is 0.269 e. The molecule has 0 aliphatic rings. The number of aryl methyl sites for hydroxylation is 2. The number of nitro benzene ring substituents is 1. The fourth-order valence-corrected chi connectivity index (χ4v) is 2.62. The Morgan fingerprint density at radius 3 is 2.44 bits per heavy atom. The van der Waals surface area contributed by atoms with Gasteiger partial charge in [0.1, 0.15) is 5.75 Å². The van der Waals surface area contributed by atoms with Crippen LogP contribution in [0.15, 0.2) is 36.4 Å². The Kier molecular flexibility index (Phi) is 5.75. The maximum Gasteiger partial charge on any atom is 0.269 e. The van der Waals surface area contributed by atoms with Crippen LogP contribution in [0.3, 0.4) is 0 Å². The summed E-state index contributed by atoms with van der Waals surface area (Å²) in [5.74, 6) is 0.752. The Labute approximate surface area is 147 Å². The number of nitrogens with one attached hydrogen (secondary N) is 1. The van der Waals surface area contributed by atoms with Gasteiger partial charge in [-0.1, -0.05) is 19.9 Å². The summed E-state index contributed by atoms with van der Waals surface area (Å²) < 4.78 is 5.54. The van der Waals surface area contributed by atoms with Gasteiger partial charge in [-0.2, -0.15) is 0 Å². The van der Waals surface area contributed by atoms with Crippen molar-refractivity contribution < 1.29 is 14.5 Å². The number of amides is 1. The Hall–Kier alpha value is -2.89. The summed E-state index contributed by atoms with van der Waals surface area (Å²) in [7, 11) is 0. The zero-order valence-corrected chi connectivity index (χ0v) is 14.8. The minimum Gasteiger partial charge on any atom is -0.484 e. The molecular formula is C19H22N2O4. The van der Waals surface area contributed by atoms with Crippen molar-refractivity contribution in [2.45, 2.75) is 33.6 Å². The summed E-state index contributed by atoms with van der Waals surface area (Å²) in [4.78, 5) is 22.3. The van der Waals surface area contributed by atoms with Gasteiger partial charge in [-0.3, -0.25) is 14.9 Å². The highest BCUT2D eigenvalue weighted by Crippen LogP contribution is 2.24. The number of ether oxygens (including phenoxy) is 1. The standard InChI is InChI=1S/C19H22N2O4/c1-12(2)17-7-6-16(10-13(17)3)25-11-19(22)20-18-8-5-15(21(23)24)9-14(18)4/h5-10,12H,11H2,1-4H3,(H,20,22). The van der Waals surface area contributed by atoms with Gasteiger partial charge in [0.2, 0.25) is 0 Å². The molecular weight excluding hydrogens is 320 g/mol. The molecule has 6 heteroatoms. The minimum absolute atomic E-state index is 0.00698. The zero-order valence-electron chi connectivity index (χ0n) is 14.8. The van der Waals surface area contributed by atoms with Gasteiger partial charge >= 0.3 is 0 Å². The lowest BCUT2D eigenvalue weighted by Crippen LogP contribution is -2.20. The molecule has 0 saturated carbocycles. The van der Waals surface area contributed by atoms with E-state index >= 15 is 0 Å². The van der Waals surface area contributed by atoms with Gasteiger partial charge in [-0.05, 0) is 54.7 Å². The van der Waals surface area contributed by atoms with E-state index in [1.165, 1.54) is 23.8 Å². The molecule has 0 saturated heterocycles. The number of carbonyl (C=O) groups excluding carboxylic acids is 1. The molecule has 6 nitrogen and oxygen atoms in total. The molecule has 0 aromatic heterocycles. The topological polar surface area (TPSA) is 81.5 Å². The lowest BCUT2D eigenvalue weighted by Gasteiger charge is -2.13. The molecule has 0 radical (unpaired) electrons. The van der Waals surface area contributed by atoms with Crippen LogP contribution in [-0.2, 0) is 4.79 Å². The first-order chi connectivity index (χ1) is 11.8. The van der Waals surface area contributed by atoms with Gasteiger partial charge in [-0.25, -0.2) is 0 Å². The van der Waals surface area contributed by atoms with Crippen molar-refractivity contribution in [3.05, 3.63) is 63.2 Å². The number of anilines is 1. The van der Waals surface area contributed by atoms with Crippen molar-refractivity contribution in [2.75, 3.05) is 11.9 Å². The molecule has 2 aromatic rings. The van der Waals surface area contributed by atoms with E-state index in [2.05, 4.69) is 19.2 Å². The Bertz CT molecular complexity index is 800. The summed E-state index contributed by atoms with van der Waals surface area (Å²) in [5, 5.41) is 13.4. The van der Waals surface area contributed by atoms with E-state index in [4.69, 9.17) is 4.74 Å². The number of benzene rings is 2. The molecule has 132 valence electrons. The monoisotopic (exact) mass is 342 g/mol. The molecule has 2 rings (SSSR count). The SMILES string of the molecule is Cc1cc([N+](=O)[O-])ccc1NC(=O)COc1ccc(C(C)C)c(C)c1. The number of hydrogen-bond donors (Lipinski definition) is 1. The Morgan fingerprint density at radius 1 is 1.16 bits per heavy atom. The average Bonchev–Trinajstić information content (AvgIpc) is 2.54. The average molecular weight is 342 g/mol. The van der Waals surface area contributed by atoms with Gasteiger partial charge in [0, 0.05) is 17.8 Å². The van der Waals surface area contributed by atoms with E-state index in [9.17, 15) is 14.9 Å². The van der Waals surface area contributed by atoms with E-state index in [0.717, 1.165) is 5.56 Å². The predicted molar refractivity (Wildman–Crippen MR) is 97.2 cm³/mol. The first-order valence-electron chi connectivity index (χ1n) is 8.06. The van der Waals surface area contributed by atoms with Crippen molar-refractivity contribution in [3.8, 4) is 5.75 Å². The Morgan fingerprint density at radius 2 is 1.88 bits per heavy atom. The molecule has 25 heavy (non-hydrogen) atoms. The van der Waals surface area contributed by atoms with Crippen molar-refractivity contribution in [2.24, 2.45) is 0 Å². The van der Waals surface area contributed by atoms with Gasteiger partial charge in [0.05, 0.1) is 4.92 Å². The maximum absolute atomic E-state index is 12.0. The van der Waals surface area contributed by atoms with Crippen molar-refractivity contribution in [1.29, 1.82) is 0 Å². The van der Waals surface area contributed by atoms with E-state index in [0.29, 0.717) is 22.9 Å². The second kappa shape index (κ2) is 7.79. The normalized spacial score (nSPS) is 10.6. The van der Waals surface area contributed by atoms with E-state index < -0.39 is 4.92 Å². The van der Waals surface area contributed by atoms with Crippen LogP contribution in [0.5, 0.6) is 5.75 Å². The van der Waals surface area contributed by atoms with Crippen LogP contribution >= 0.6 is 0 Å². The van der Waals surface area contributed by atoms with E-state index in [1.807, 2.05) is 25.1 Å². The first kappa shape index (κ1) is 18.4. The highest BCUT2D eigenvalue weighted by atomic mass is 16.6. The fourth-order valence-electron chi connectivity index (χ4n) is 2.62. The first-order valence-corrected chi connectivity index (χ1v) is 8.06. The van der Waals surface area contributed by atoms with Crippen LogP contribution in [-0.4, -0.2) is 17.4 Å². The van der Waals surface area contributed by atoms with Crippen molar-refractivity contribution >= 4 is 17.3 Å². The van der Waals surface area contributed by atoms with Crippen molar-refractivity contribution in [1.82, 2.24) is 0 Å². The molecule has 2 aromatic carbocycles. The Balaban J connectivity index is 1.97. The number of carbonyl (C=O) groups is 1.